The maximum absolute atomic E-state index is 13.1. The molecule has 0 N–H and O–H groups in total. The van der Waals surface area contributed by atoms with Crippen LogP contribution in [0.15, 0.2) is 42.9 Å². The first-order chi connectivity index (χ1) is 12.5. The van der Waals surface area contributed by atoms with Gasteiger partial charge in [-0.15, -0.1) is 0 Å². The monoisotopic (exact) mass is 349 g/mol. The Balaban J connectivity index is 1.65. The molecule has 134 valence electrons. The quantitative estimate of drug-likeness (QED) is 0.729. The van der Waals surface area contributed by atoms with Crippen molar-refractivity contribution in [2.75, 3.05) is 25.5 Å². The molecule has 0 aliphatic carbocycles. The van der Waals surface area contributed by atoms with Crippen LogP contribution >= 0.6 is 0 Å². The Labute approximate surface area is 153 Å². The third kappa shape index (κ3) is 2.92. The van der Waals surface area contributed by atoms with Crippen LogP contribution in [0.4, 0.5) is 5.82 Å². The van der Waals surface area contributed by atoms with Gasteiger partial charge in [0.2, 0.25) is 0 Å². The predicted molar refractivity (Wildman–Crippen MR) is 102 cm³/mol. The number of pyridine rings is 2. The van der Waals surface area contributed by atoms with Gasteiger partial charge in [-0.3, -0.25) is 4.79 Å². The normalized spacial score (nSPS) is 17.0. The number of amides is 1. The molecule has 26 heavy (non-hydrogen) atoms. The number of aryl methyl sites for hydroxylation is 1. The number of nitrogens with zero attached hydrogens (tertiary/aromatic N) is 5. The third-order valence-corrected chi connectivity index (χ3v) is 4.94. The summed E-state index contributed by atoms with van der Waals surface area (Å²) >= 11 is 0. The summed E-state index contributed by atoms with van der Waals surface area (Å²) in [6, 6.07) is 8.12. The van der Waals surface area contributed by atoms with Gasteiger partial charge in [0.1, 0.15) is 17.2 Å². The fraction of sp³-hybridized carbons (Fsp3) is 0.350. The average molecular weight is 349 g/mol. The van der Waals surface area contributed by atoms with E-state index < -0.39 is 0 Å². The van der Waals surface area contributed by atoms with E-state index in [2.05, 4.69) is 16.0 Å². The van der Waals surface area contributed by atoms with Crippen LogP contribution in [0.2, 0.25) is 0 Å². The minimum Gasteiger partial charge on any atom is -0.363 e. The zero-order valence-corrected chi connectivity index (χ0v) is 15.4. The van der Waals surface area contributed by atoms with E-state index in [1.165, 1.54) is 0 Å². The Morgan fingerprint density at radius 1 is 1.23 bits per heavy atom. The highest BCUT2D eigenvalue weighted by Crippen LogP contribution is 2.34. The van der Waals surface area contributed by atoms with Gasteiger partial charge >= 0.3 is 0 Å². The zero-order chi connectivity index (χ0) is 18.3. The molecule has 1 aliphatic heterocycles. The van der Waals surface area contributed by atoms with Gasteiger partial charge in [0.25, 0.3) is 5.91 Å². The molecule has 1 aliphatic rings. The molecule has 1 fully saturated rings. The molecule has 6 nitrogen and oxygen atoms in total. The molecule has 0 aromatic carbocycles. The maximum atomic E-state index is 13.1. The molecule has 0 saturated carbocycles. The molecule has 3 aromatic heterocycles. The van der Waals surface area contributed by atoms with Crippen LogP contribution in [-0.2, 0) is 0 Å². The van der Waals surface area contributed by atoms with Gasteiger partial charge in [0.05, 0.1) is 6.04 Å². The van der Waals surface area contributed by atoms with Gasteiger partial charge in [-0.1, -0.05) is 6.07 Å². The van der Waals surface area contributed by atoms with Crippen molar-refractivity contribution >= 4 is 17.4 Å². The lowest BCUT2D eigenvalue weighted by Crippen LogP contribution is -2.31. The van der Waals surface area contributed by atoms with E-state index in [1.807, 2.05) is 72.0 Å². The Bertz CT molecular complexity index is 962. The highest BCUT2D eigenvalue weighted by Gasteiger charge is 2.32. The second kappa shape index (κ2) is 6.44. The Morgan fingerprint density at radius 3 is 2.88 bits per heavy atom. The summed E-state index contributed by atoms with van der Waals surface area (Å²) < 4.78 is 1.92. The summed E-state index contributed by atoms with van der Waals surface area (Å²) in [5.41, 5.74) is 3.58. The molecule has 1 saturated heterocycles. The second-order valence-corrected chi connectivity index (χ2v) is 7.10. The molecule has 0 radical (unpaired) electrons. The van der Waals surface area contributed by atoms with Crippen LogP contribution < -0.4 is 4.90 Å². The van der Waals surface area contributed by atoms with Crippen LogP contribution in [0, 0.1) is 6.92 Å². The molecule has 0 bridgehead atoms. The number of anilines is 1. The number of aromatic nitrogens is 3. The van der Waals surface area contributed by atoms with Crippen molar-refractivity contribution in [1.82, 2.24) is 19.3 Å². The number of likely N-dealkylation sites (tertiary alicyclic amines) is 1. The van der Waals surface area contributed by atoms with E-state index in [0.717, 1.165) is 42.0 Å². The number of rotatable bonds is 3. The Hall–Kier alpha value is -2.89. The highest BCUT2D eigenvalue weighted by molar-refractivity contribution is 5.93. The topological polar surface area (TPSA) is 53.7 Å². The lowest BCUT2D eigenvalue weighted by atomic mass is 10.1. The summed E-state index contributed by atoms with van der Waals surface area (Å²) in [5.74, 6) is 0.905. The number of carbonyl (C=O) groups excluding carboxylic acids is 1. The second-order valence-electron chi connectivity index (χ2n) is 7.10. The first-order valence-electron chi connectivity index (χ1n) is 8.92. The van der Waals surface area contributed by atoms with E-state index in [4.69, 9.17) is 0 Å². The van der Waals surface area contributed by atoms with Crippen LogP contribution in [0.1, 0.15) is 40.5 Å². The number of hydrogen-bond donors (Lipinski definition) is 0. The summed E-state index contributed by atoms with van der Waals surface area (Å²) in [4.78, 5) is 26.0. The van der Waals surface area contributed by atoms with E-state index >= 15 is 0 Å². The molecular weight excluding hydrogens is 326 g/mol. The number of hydrogen-bond acceptors (Lipinski definition) is 4. The van der Waals surface area contributed by atoms with Gasteiger partial charge in [-0.2, -0.15) is 0 Å². The van der Waals surface area contributed by atoms with Gasteiger partial charge < -0.3 is 14.2 Å². The number of carbonyl (C=O) groups is 1. The first kappa shape index (κ1) is 16.6. The standard InChI is InChI=1S/C20H23N5O/c1-14-6-7-18-22-16(13-24(18)12-14)20(26)25-10-4-5-17(25)15-8-9-21-19(11-15)23(2)3/h6-9,11-13,17H,4-5,10H2,1-3H3. The van der Waals surface area contributed by atoms with Crippen molar-refractivity contribution in [1.29, 1.82) is 0 Å². The van der Waals surface area contributed by atoms with Crippen LogP contribution in [0.25, 0.3) is 5.65 Å². The van der Waals surface area contributed by atoms with Crippen molar-refractivity contribution in [3.63, 3.8) is 0 Å². The van der Waals surface area contributed by atoms with E-state index in [-0.39, 0.29) is 11.9 Å². The summed E-state index contributed by atoms with van der Waals surface area (Å²) in [5, 5.41) is 0. The third-order valence-electron chi connectivity index (χ3n) is 4.94. The molecule has 1 atom stereocenters. The van der Waals surface area contributed by atoms with E-state index in [0.29, 0.717) is 5.69 Å². The minimum atomic E-state index is -0.00271. The maximum Gasteiger partial charge on any atom is 0.274 e. The molecule has 3 aromatic rings. The Kier molecular flexibility index (Phi) is 4.11. The van der Waals surface area contributed by atoms with E-state index in [1.54, 1.807) is 0 Å². The fourth-order valence-corrected chi connectivity index (χ4v) is 3.60. The van der Waals surface area contributed by atoms with Crippen LogP contribution in [-0.4, -0.2) is 45.8 Å². The summed E-state index contributed by atoms with van der Waals surface area (Å²) in [6.45, 7) is 2.79. The SMILES string of the molecule is Cc1ccc2nc(C(=O)N3CCCC3c3ccnc(N(C)C)c3)cn2c1. The first-order valence-corrected chi connectivity index (χ1v) is 8.92. The Morgan fingerprint density at radius 2 is 2.08 bits per heavy atom. The molecule has 0 spiro atoms. The van der Waals surface area contributed by atoms with Crippen molar-refractivity contribution in [2.45, 2.75) is 25.8 Å². The molecular formula is C20H23N5O. The van der Waals surface area contributed by atoms with Crippen molar-refractivity contribution < 1.29 is 4.79 Å². The molecule has 1 unspecified atom stereocenters. The van der Waals surface area contributed by atoms with Crippen molar-refractivity contribution in [3.05, 3.63) is 59.7 Å². The number of imidazole rings is 1. The minimum absolute atomic E-state index is 0.00271. The zero-order valence-electron chi connectivity index (χ0n) is 15.4. The largest absolute Gasteiger partial charge is 0.363 e. The molecule has 6 heteroatoms. The van der Waals surface area contributed by atoms with Crippen molar-refractivity contribution in [2.24, 2.45) is 0 Å². The summed E-state index contributed by atoms with van der Waals surface area (Å²) in [7, 11) is 3.95. The van der Waals surface area contributed by atoms with Gasteiger partial charge in [-0.05, 0) is 49.1 Å². The van der Waals surface area contributed by atoms with Gasteiger partial charge in [0, 0.05) is 39.2 Å². The predicted octanol–water partition coefficient (Wildman–Crippen LogP) is 3.08. The fourth-order valence-electron chi connectivity index (χ4n) is 3.60. The smallest absolute Gasteiger partial charge is 0.274 e. The molecule has 1 amide bonds. The van der Waals surface area contributed by atoms with E-state index in [9.17, 15) is 4.79 Å². The highest BCUT2D eigenvalue weighted by atomic mass is 16.2. The lowest BCUT2D eigenvalue weighted by molar-refractivity contribution is 0.0730. The van der Waals surface area contributed by atoms with Gasteiger partial charge in [-0.25, -0.2) is 9.97 Å². The van der Waals surface area contributed by atoms with Crippen LogP contribution in [0.5, 0.6) is 0 Å². The molecule has 4 rings (SSSR count). The van der Waals surface area contributed by atoms with Gasteiger partial charge in [0.15, 0.2) is 0 Å². The average Bonchev–Trinajstić information content (AvgIpc) is 3.27. The lowest BCUT2D eigenvalue weighted by Gasteiger charge is -2.25. The summed E-state index contributed by atoms with van der Waals surface area (Å²) in [6.07, 6.45) is 7.61. The number of fused-ring (bicyclic) bond motifs is 1. The molecule has 4 heterocycles. The van der Waals surface area contributed by atoms with Crippen molar-refractivity contribution in [3.8, 4) is 0 Å². The van der Waals surface area contributed by atoms with Crippen LogP contribution in [0.3, 0.4) is 0 Å².